The SMILES string of the molecule is NC(=S)c1ccc(Cl)c(NC(=O)C2CCCOC2)c1. The molecule has 1 atom stereocenters. The number of anilines is 1. The van der Waals surface area contributed by atoms with Crippen LogP contribution in [0.1, 0.15) is 18.4 Å². The molecule has 1 fully saturated rings. The van der Waals surface area contributed by atoms with Crippen molar-refractivity contribution in [3.05, 3.63) is 28.8 Å². The Balaban J connectivity index is 2.11. The lowest BCUT2D eigenvalue weighted by molar-refractivity contribution is -0.123. The fourth-order valence-corrected chi connectivity index (χ4v) is 2.25. The molecule has 0 spiro atoms. The number of thiocarbonyl (C=S) groups is 1. The van der Waals surface area contributed by atoms with Crippen LogP contribution in [0.25, 0.3) is 0 Å². The predicted molar refractivity (Wildman–Crippen MR) is 79.5 cm³/mol. The largest absolute Gasteiger partial charge is 0.389 e. The molecule has 1 amide bonds. The second-order valence-electron chi connectivity index (χ2n) is 4.46. The maximum Gasteiger partial charge on any atom is 0.229 e. The van der Waals surface area contributed by atoms with Gasteiger partial charge in [0.25, 0.3) is 0 Å². The highest BCUT2D eigenvalue weighted by Crippen LogP contribution is 2.25. The van der Waals surface area contributed by atoms with Gasteiger partial charge in [-0.1, -0.05) is 29.9 Å². The number of ether oxygens (including phenoxy) is 1. The molecular weight excluding hydrogens is 284 g/mol. The first-order valence-electron chi connectivity index (χ1n) is 6.06. The average Bonchev–Trinajstić information content (AvgIpc) is 2.42. The number of nitrogens with two attached hydrogens (primary N) is 1. The molecular formula is C13H15ClN2O2S. The van der Waals surface area contributed by atoms with Crippen molar-refractivity contribution in [3.63, 3.8) is 0 Å². The fourth-order valence-electron chi connectivity index (χ4n) is 1.96. The summed E-state index contributed by atoms with van der Waals surface area (Å²) in [7, 11) is 0. The van der Waals surface area contributed by atoms with Gasteiger partial charge < -0.3 is 15.8 Å². The highest BCUT2D eigenvalue weighted by atomic mass is 35.5. The standard InChI is InChI=1S/C13H15ClN2O2S/c14-10-4-3-8(12(15)19)6-11(10)16-13(17)9-2-1-5-18-7-9/h3-4,6,9H,1-2,5,7H2,(H2,15,19)(H,16,17). The van der Waals surface area contributed by atoms with Crippen LogP contribution in [0.4, 0.5) is 5.69 Å². The number of carbonyl (C=O) groups is 1. The molecule has 1 aromatic carbocycles. The lowest BCUT2D eigenvalue weighted by atomic mass is 10.0. The van der Waals surface area contributed by atoms with Crippen LogP contribution in [-0.4, -0.2) is 24.1 Å². The minimum Gasteiger partial charge on any atom is -0.389 e. The zero-order valence-corrected chi connectivity index (χ0v) is 11.9. The van der Waals surface area contributed by atoms with Gasteiger partial charge in [-0.05, 0) is 25.0 Å². The third kappa shape index (κ3) is 3.65. The normalized spacial score (nSPS) is 18.9. The van der Waals surface area contributed by atoms with Crippen LogP contribution in [0, 0.1) is 5.92 Å². The first-order chi connectivity index (χ1) is 9.08. The minimum atomic E-state index is -0.127. The zero-order chi connectivity index (χ0) is 13.8. The van der Waals surface area contributed by atoms with Gasteiger partial charge in [0.1, 0.15) is 4.99 Å². The minimum absolute atomic E-state index is 0.0818. The Bertz CT molecular complexity index is 501. The van der Waals surface area contributed by atoms with E-state index < -0.39 is 0 Å². The van der Waals surface area contributed by atoms with E-state index in [1.807, 2.05) is 0 Å². The molecule has 0 saturated carbocycles. The van der Waals surface area contributed by atoms with Crippen LogP contribution in [0.2, 0.25) is 5.02 Å². The molecule has 6 heteroatoms. The fraction of sp³-hybridized carbons (Fsp3) is 0.385. The molecule has 4 nitrogen and oxygen atoms in total. The van der Waals surface area contributed by atoms with Crippen molar-refractivity contribution in [2.45, 2.75) is 12.8 Å². The summed E-state index contributed by atoms with van der Waals surface area (Å²) in [5.74, 6) is -0.208. The van der Waals surface area contributed by atoms with E-state index in [0.29, 0.717) is 22.9 Å². The topological polar surface area (TPSA) is 64.3 Å². The van der Waals surface area contributed by atoms with E-state index in [9.17, 15) is 4.79 Å². The molecule has 19 heavy (non-hydrogen) atoms. The van der Waals surface area contributed by atoms with E-state index in [1.165, 1.54) is 0 Å². The molecule has 0 aliphatic carbocycles. The Labute approximate surface area is 122 Å². The average molecular weight is 299 g/mol. The maximum absolute atomic E-state index is 12.1. The Morgan fingerprint density at radius 1 is 1.53 bits per heavy atom. The van der Waals surface area contributed by atoms with Gasteiger partial charge in [0, 0.05) is 12.2 Å². The number of nitrogens with one attached hydrogen (secondary N) is 1. The summed E-state index contributed by atoms with van der Waals surface area (Å²) in [6.45, 7) is 1.18. The summed E-state index contributed by atoms with van der Waals surface area (Å²) < 4.78 is 5.30. The third-order valence-corrected chi connectivity index (χ3v) is 3.61. The van der Waals surface area contributed by atoms with Gasteiger partial charge in [0.05, 0.1) is 23.2 Å². The number of carbonyl (C=O) groups excluding carboxylic acids is 1. The van der Waals surface area contributed by atoms with Crippen LogP contribution < -0.4 is 11.1 Å². The Hall–Kier alpha value is -1.17. The molecule has 1 saturated heterocycles. The number of halogens is 1. The molecule has 0 bridgehead atoms. The second-order valence-corrected chi connectivity index (χ2v) is 5.31. The van der Waals surface area contributed by atoms with Crippen LogP contribution in [-0.2, 0) is 9.53 Å². The maximum atomic E-state index is 12.1. The summed E-state index contributed by atoms with van der Waals surface area (Å²) >= 11 is 11.0. The third-order valence-electron chi connectivity index (χ3n) is 3.04. The Morgan fingerprint density at radius 3 is 2.95 bits per heavy atom. The van der Waals surface area contributed by atoms with Crippen molar-refractivity contribution in [1.29, 1.82) is 0 Å². The van der Waals surface area contributed by atoms with Crippen LogP contribution in [0.5, 0.6) is 0 Å². The Morgan fingerprint density at radius 2 is 2.32 bits per heavy atom. The molecule has 1 heterocycles. The van der Waals surface area contributed by atoms with Crippen molar-refractivity contribution in [1.82, 2.24) is 0 Å². The van der Waals surface area contributed by atoms with E-state index in [4.69, 9.17) is 34.3 Å². The predicted octanol–water partition coefficient (Wildman–Crippen LogP) is 2.34. The van der Waals surface area contributed by atoms with Crippen molar-refractivity contribution < 1.29 is 9.53 Å². The van der Waals surface area contributed by atoms with Crippen molar-refractivity contribution in [3.8, 4) is 0 Å². The van der Waals surface area contributed by atoms with Gasteiger partial charge in [0.2, 0.25) is 5.91 Å². The van der Waals surface area contributed by atoms with Gasteiger partial charge in [-0.25, -0.2) is 0 Å². The quantitative estimate of drug-likeness (QED) is 0.841. The first-order valence-corrected chi connectivity index (χ1v) is 6.84. The number of amides is 1. The van der Waals surface area contributed by atoms with E-state index in [2.05, 4.69) is 5.32 Å². The summed E-state index contributed by atoms with van der Waals surface area (Å²) in [6, 6.07) is 5.08. The van der Waals surface area contributed by atoms with E-state index in [0.717, 1.165) is 19.4 Å². The van der Waals surface area contributed by atoms with Gasteiger partial charge in [-0.3, -0.25) is 4.79 Å². The molecule has 1 aliphatic heterocycles. The zero-order valence-electron chi connectivity index (χ0n) is 10.3. The molecule has 1 aliphatic rings. The Kier molecular flexibility index (Phi) is 4.74. The van der Waals surface area contributed by atoms with Crippen molar-refractivity contribution in [2.24, 2.45) is 11.7 Å². The highest BCUT2D eigenvalue weighted by Gasteiger charge is 2.22. The van der Waals surface area contributed by atoms with Crippen LogP contribution in [0.15, 0.2) is 18.2 Å². The molecule has 1 aromatic rings. The van der Waals surface area contributed by atoms with Crippen molar-refractivity contribution in [2.75, 3.05) is 18.5 Å². The number of hydrogen-bond acceptors (Lipinski definition) is 3. The second kappa shape index (κ2) is 6.32. The lowest BCUT2D eigenvalue weighted by Crippen LogP contribution is -2.30. The van der Waals surface area contributed by atoms with Gasteiger partial charge in [-0.2, -0.15) is 0 Å². The summed E-state index contributed by atoms with van der Waals surface area (Å²) in [4.78, 5) is 12.4. The molecule has 102 valence electrons. The summed E-state index contributed by atoms with van der Waals surface area (Å²) in [6.07, 6.45) is 1.73. The first kappa shape index (κ1) is 14.2. The number of benzene rings is 1. The highest BCUT2D eigenvalue weighted by molar-refractivity contribution is 7.80. The molecule has 2 rings (SSSR count). The molecule has 3 N–H and O–H groups in total. The van der Waals surface area contributed by atoms with Crippen LogP contribution >= 0.6 is 23.8 Å². The molecule has 0 radical (unpaired) electrons. The monoisotopic (exact) mass is 298 g/mol. The molecule has 0 aromatic heterocycles. The van der Waals surface area contributed by atoms with Crippen LogP contribution in [0.3, 0.4) is 0 Å². The lowest BCUT2D eigenvalue weighted by Gasteiger charge is -2.21. The summed E-state index contributed by atoms with van der Waals surface area (Å²) in [5.41, 5.74) is 6.77. The number of rotatable bonds is 3. The van der Waals surface area contributed by atoms with Gasteiger partial charge in [-0.15, -0.1) is 0 Å². The van der Waals surface area contributed by atoms with Gasteiger partial charge in [0.15, 0.2) is 0 Å². The molecule has 1 unspecified atom stereocenters. The van der Waals surface area contributed by atoms with Gasteiger partial charge >= 0.3 is 0 Å². The summed E-state index contributed by atoms with van der Waals surface area (Å²) in [5, 5.41) is 3.27. The number of hydrogen-bond donors (Lipinski definition) is 2. The van der Waals surface area contributed by atoms with E-state index >= 15 is 0 Å². The van der Waals surface area contributed by atoms with Crippen molar-refractivity contribution >= 4 is 40.4 Å². The van der Waals surface area contributed by atoms with E-state index in [1.54, 1.807) is 18.2 Å². The smallest absolute Gasteiger partial charge is 0.229 e. The van der Waals surface area contributed by atoms with E-state index in [-0.39, 0.29) is 16.8 Å².